The van der Waals surface area contributed by atoms with Gasteiger partial charge in [0, 0.05) is 30.3 Å². The second-order valence-corrected chi connectivity index (χ2v) is 5.07. The van der Waals surface area contributed by atoms with Gasteiger partial charge >= 0.3 is 0 Å². The Morgan fingerprint density at radius 3 is 3.11 bits per heavy atom. The van der Waals surface area contributed by atoms with E-state index in [0.29, 0.717) is 24.8 Å². The molecule has 19 heavy (non-hydrogen) atoms. The molecular formula is C14H17N3O2. The van der Waals surface area contributed by atoms with Crippen LogP contribution >= 0.6 is 0 Å². The second-order valence-electron chi connectivity index (χ2n) is 5.07. The normalized spacial score (nSPS) is 14.8. The number of ketones is 1. The minimum Gasteiger partial charge on any atom is -0.344 e. The highest BCUT2D eigenvalue weighted by molar-refractivity contribution is 5.95. The fraction of sp³-hybridized carbons (Fsp3) is 0.500. The third-order valence-electron chi connectivity index (χ3n) is 3.29. The van der Waals surface area contributed by atoms with Crippen LogP contribution in [0.3, 0.4) is 0 Å². The lowest BCUT2D eigenvalue weighted by molar-refractivity contribution is 0.0981. The van der Waals surface area contributed by atoms with Gasteiger partial charge in [-0.05, 0) is 25.3 Å². The summed E-state index contributed by atoms with van der Waals surface area (Å²) in [4.78, 5) is 16.1. The van der Waals surface area contributed by atoms with Crippen molar-refractivity contribution in [3.63, 3.8) is 0 Å². The lowest BCUT2D eigenvalue weighted by atomic mass is 10.1. The van der Waals surface area contributed by atoms with Crippen LogP contribution in [0.1, 0.15) is 60.6 Å². The number of nitrogens with zero attached hydrogens (tertiary/aromatic N) is 3. The van der Waals surface area contributed by atoms with Crippen molar-refractivity contribution in [1.82, 2.24) is 14.7 Å². The monoisotopic (exact) mass is 259 g/mol. The van der Waals surface area contributed by atoms with E-state index in [-0.39, 0.29) is 5.78 Å². The molecule has 5 nitrogen and oxygen atoms in total. The lowest BCUT2D eigenvalue weighted by Gasteiger charge is -1.96. The minimum atomic E-state index is 0.186. The van der Waals surface area contributed by atoms with Crippen LogP contribution in [-0.2, 0) is 6.54 Å². The lowest BCUT2D eigenvalue weighted by Crippen LogP contribution is -1.99. The molecule has 0 spiro atoms. The fourth-order valence-corrected chi connectivity index (χ4v) is 2.07. The van der Waals surface area contributed by atoms with E-state index >= 15 is 0 Å². The first kappa shape index (κ1) is 12.1. The highest BCUT2D eigenvalue weighted by Crippen LogP contribution is 2.38. The first-order valence-corrected chi connectivity index (χ1v) is 6.77. The van der Waals surface area contributed by atoms with E-state index in [2.05, 4.69) is 10.1 Å². The Morgan fingerprint density at radius 2 is 2.37 bits per heavy atom. The smallest absolute Gasteiger partial charge is 0.246 e. The summed E-state index contributed by atoms with van der Waals surface area (Å²) < 4.78 is 7.13. The molecule has 2 aromatic heterocycles. The van der Waals surface area contributed by atoms with Crippen LogP contribution in [0.15, 0.2) is 23.0 Å². The average Bonchev–Trinajstić information content (AvgIpc) is 2.97. The van der Waals surface area contributed by atoms with E-state index in [4.69, 9.17) is 4.52 Å². The maximum atomic E-state index is 11.7. The van der Waals surface area contributed by atoms with Crippen molar-refractivity contribution in [2.24, 2.45) is 0 Å². The van der Waals surface area contributed by atoms with E-state index in [1.807, 2.05) is 30.0 Å². The van der Waals surface area contributed by atoms with Crippen LogP contribution in [0, 0.1) is 0 Å². The van der Waals surface area contributed by atoms with E-state index < -0.39 is 0 Å². The Morgan fingerprint density at radius 1 is 1.53 bits per heavy atom. The molecule has 1 saturated carbocycles. The SMILES string of the molecule is CCCC(=O)c1ccn(Cc2nc(C3CC3)no2)c1. The van der Waals surface area contributed by atoms with Gasteiger partial charge < -0.3 is 9.09 Å². The molecule has 0 bridgehead atoms. The van der Waals surface area contributed by atoms with Crippen LogP contribution in [0.25, 0.3) is 0 Å². The molecule has 1 aliphatic rings. The standard InChI is InChI=1S/C14H17N3O2/c1-2-3-12(18)11-6-7-17(8-11)9-13-15-14(16-19-13)10-4-5-10/h6-8,10H,2-5,9H2,1H3. The van der Waals surface area contributed by atoms with E-state index in [1.54, 1.807) is 0 Å². The van der Waals surface area contributed by atoms with E-state index in [9.17, 15) is 4.79 Å². The zero-order chi connectivity index (χ0) is 13.2. The Hall–Kier alpha value is -1.91. The number of carbonyl (C=O) groups excluding carboxylic acids is 1. The highest BCUT2D eigenvalue weighted by atomic mass is 16.5. The van der Waals surface area contributed by atoms with Crippen molar-refractivity contribution in [1.29, 1.82) is 0 Å². The zero-order valence-electron chi connectivity index (χ0n) is 11.0. The fourth-order valence-electron chi connectivity index (χ4n) is 2.07. The van der Waals surface area contributed by atoms with Crippen LogP contribution in [0.4, 0.5) is 0 Å². The van der Waals surface area contributed by atoms with Gasteiger partial charge in [-0.1, -0.05) is 12.1 Å². The number of hydrogen-bond donors (Lipinski definition) is 0. The Labute approximate surface area is 111 Å². The van der Waals surface area contributed by atoms with Crippen molar-refractivity contribution in [2.45, 2.75) is 45.1 Å². The predicted molar refractivity (Wildman–Crippen MR) is 69.0 cm³/mol. The number of aromatic nitrogens is 3. The largest absolute Gasteiger partial charge is 0.344 e. The van der Waals surface area contributed by atoms with Gasteiger partial charge in [-0.3, -0.25) is 4.79 Å². The number of rotatable bonds is 6. The summed E-state index contributed by atoms with van der Waals surface area (Å²) in [5, 5.41) is 3.98. The van der Waals surface area contributed by atoms with Crippen molar-refractivity contribution < 1.29 is 9.32 Å². The first-order chi connectivity index (χ1) is 9.26. The van der Waals surface area contributed by atoms with Gasteiger partial charge in [0.25, 0.3) is 0 Å². The Bertz CT molecular complexity index is 581. The van der Waals surface area contributed by atoms with Crippen LogP contribution in [0.5, 0.6) is 0 Å². The molecule has 2 aromatic rings. The number of carbonyl (C=O) groups is 1. The van der Waals surface area contributed by atoms with E-state index in [1.165, 1.54) is 0 Å². The van der Waals surface area contributed by atoms with Crippen molar-refractivity contribution >= 4 is 5.78 Å². The maximum Gasteiger partial charge on any atom is 0.246 e. The van der Waals surface area contributed by atoms with Gasteiger partial charge in [-0.15, -0.1) is 0 Å². The molecule has 0 aliphatic heterocycles. The summed E-state index contributed by atoms with van der Waals surface area (Å²) in [6, 6.07) is 1.84. The molecule has 0 unspecified atom stereocenters. The minimum absolute atomic E-state index is 0.186. The maximum absolute atomic E-state index is 11.7. The number of hydrogen-bond acceptors (Lipinski definition) is 4. The third kappa shape index (κ3) is 2.75. The molecular weight excluding hydrogens is 242 g/mol. The molecule has 0 atom stereocenters. The number of Topliss-reactive ketones (excluding diaryl/α,β-unsaturated/α-hetero) is 1. The molecule has 1 fully saturated rings. The van der Waals surface area contributed by atoms with Crippen LogP contribution in [0.2, 0.25) is 0 Å². The summed E-state index contributed by atoms with van der Waals surface area (Å²) in [7, 11) is 0. The summed E-state index contributed by atoms with van der Waals surface area (Å²) in [5.41, 5.74) is 0.754. The highest BCUT2D eigenvalue weighted by Gasteiger charge is 2.28. The van der Waals surface area contributed by atoms with E-state index in [0.717, 1.165) is 30.7 Å². The summed E-state index contributed by atoms with van der Waals surface area (Å²) >= 11 is 0. The molecule has 0 amide bonds. The topological polar surface area (TPSA) is 60.9 Å². The van der Waals surface area contributed by atoms with Crippen LogP contribution < -0.4 is 0 Å². The molecule has 1 aliphatic carbocycles. The molecule has 0 aromatic carbocycles. The van der Waals surface area contributed by atoms with Gasteiger partial charge in [0.2, 0.25) is 5.89 Å². The molecule has 0 N–H and O–H groups in total. The molecule has 2 heterocycles. The second kappa shape index (κ2) is 4.99. The van der Waals surface area contributed by atoms with Crippen molar-refractivity contribution in [3.8, 4) is 0 Å². The summed E-state index contributed by atoms with van der Waals surface area (Å²) in [6.45, 7) is 2.53. The van der Waals surface area contributed by atoms with Gasteiger partial charge in [-0.2, -0.15) is 4.98 Å². The Balaban J connectivity index is 1.67. The Kier molecular flexibility index (Phi) is 3.19. The van der Waals surface area contributed by atoms with Gasteiger partial charge in [0.05, 0.1) is 0 Å². The molecule has 0 saturated heterocycles. The van der Waals surface area contributed by atoms with Crippen molar-refractivity contribution in [3.05, 3.63) is 35.7 Å². The zero-order valence-corrected chi connectivity index (χ0v) is 11.0. The third-order valence-corrected chi connectivity index (χ3v) is 3.29. The molecule has 0 radical (unpaired) electrons. The first-order valence-electron chi connectivity index (χ1n) is 6.77. The summed E-state index contributed by atoms with van der Waals surface area (Å²) in [5.74, 6) is 2.12. The van der Waals surface area contributed by atoms with Gasteiger partial charge in [0.15, 0.2) is 11.6 Å². The summed E-state index contributed by atoms with van der Waals surface area (Å²) in [6.07, 6.45) is 7.52. The predicted octanol–water partition coefficient (Wildman–Crippen LogP) is 2.78. The van der Waals surface area contributed by atoms with Gasteiger partial charge in [0.1, 0.15) is 6.54 Å². The molecule has 5 heteroatoms. The molecule has 3 rings (SSSR count). The molecule has 100 valence electrons. The average molecular weight is 259 g/mol. The quantitative estimate of drug-likeness (QED) is 0.748. The van der Waals surface area contributed by atoms with Gasteiger partial charge in [-0.25, -0.2) is 0 Å². The van der Waals surface area contributed by atoms with Crippen molar-refractivity contribution in [2.75, 3.05) is 0 Å². The van der Waals surface area contributed by atoms with Crippen LogP contribution in [-0.4, -0.2) is 20.5 Å².